The summed E-state index contributed by atoms with van der Waals surface area (Å²) in [7, 11) is 1.69. The normalized spacial score (nSPS) is 10.4. The summed E-state index contributed by atoms with van der Waals surface area (Å²) in [4.78, 5) is 6.17. The molecule has 0 aliphatic rings. The fourth-order valence-corrected chi connectivity index (χ4v) is 2.80. The molecule has 0 saturated carbocycles. The van der Waals surface area contributed by atoms with Gasteiger partial charge < -0.3 is 9.15 Å². The monoisotopic (exact) mass is 283 g/mol. The van der Waals surface area contributed by atoms with Gasteiger partial charge in [0, 0.05) is 10.5 Å². The largest absolute Gasteiger partial charge is 0.496 e. The maximum Gasteiger partial charge on any atom is 0.181 e. The van der Waals surface area contributed by atoms with Gasteiger partial charge in [-0.1, -0.05) is 36.0 Å². The molecule has 2 aromatic carbocycles. The first-order chi connectivity index (χ1) is 9.86. The maximum atomic E-state index is 5.36. The Hall–Kier alpha value is -2.20. The lowest BCUT2D eigenvalue weighted by Gasteiger charge is -2.07. The molecular weight excluding hydrogens is 270 g/mol. The molecule has 3 aromatic rings. The average molecular weight is 283 g/mol. The number of nitrogens with zero attached hydrogens (tertiary/aromatic N) is 1. The minimum atomic E-state index is 0.777. The Bertz CT molecular complexity index is 678. The van der Waals surface area contributed by atoms with Crippen LogP contribution in [0.1, 0.15) is 0 Å². The second-order valence-corrected chi connectivity index (χ2v) is 5.26. The molecule has 0 unspecified atom stereocenters. The number of benzene rings is 2. The Kier molecular flexibility index (Phi) is 3.74. The first-order valence-electron chi connectivity index (χ1n) is 6.16. The van der Waals surface area contributed by atoms with Crippen molar-refractivity contribution in [2.75, 3.05) is 7.11 Å². The van der Waals surface area contributed by atoms with Gasteiger partial charge in [0.05, 0.1) is 18.2 Å². The summed E-state index contributed by atoms with van der Waals surface area (Å²) in [5.41, 5.74) is 1.02. The molecule has 4 heteroatoms. The Morgan fingerprint density at radius 3 is 2.55 bits per heavy atom. The Balaban J connectivity index is 1.82. The third-order valence-electron chi connectivity index (χ3n) is 2.87. The van der Waals surface area contributed by atoms with Crippen LogP contribution < -0.4 is 4.74 Å². The van der Waals surface area contributed by atoms with Crippen LogP contribution in [0.5, 0.6) is 5.75 Å². The molecule has 0 fully saturated rings. The summed E-state index contributed by atoms with van der Waals surface area (Å²) >= 11 is 1.67. The van der Waals surface area contributed by atoms with Crippen molar-refractivity contribution in [1.29, 1.82) is 0 Å². The predicted octanol–water partition coefficient (Wildman–Crippen LogP) is 4.50. The van der Waals surface area contributed by atoms with Crippen LogP contribution in [-0.2, 0) is 0 Å². The summed E-state index contributed by atoms with van der Waals surface area (Å²) in [6, 6.07) is 16.2. The summed E-state index contributed by atoms with van der Waals surface area (Å²) in [5, 5.41) is 0. The molecule has 0 aliphatic carbocycles. The van der Waals surface area contributed by atoms with Gasteiger partial charge in [-0.2, -0.15) is 0 Å². The topological polar surface area (TPSA) is 35.3 Å². The van der Waals surface area contributed by atoms with Crippen molar-refractivity contribution in [3.05, 3.63) is 61.1 Å². The third kappa shape index (κ3) is 2.70. The molecule has 1 aromatic heterocycles. The molecule has 0 aliphatic heterocycles. The highest BCUT2D eigenvalue weighted by atomic mass is 32.2. The molecule has 0 saturated heterocycles. The van der Waals surface area contributed by atoms with Crippen molar-refractivity contribution in [1.82, 2.24) is 4.98 Å². The van der Waals surface area contributed by atoms with Crippen molar-refractivity contribution < 1.29 is 9.15 Å². The number of ether oxygens (including phenoxy) is 1. The van der Waals surface area contributed by atoms with E-state index in [1.165, 1.54) is 6.39 Å². The number of methoxy groups -OCH3 is 1. The van der Waals surface area contributed by atoms with Gasteiger partial charge in [0.25, 0.3) is 0 Å². The highest BCUT2D eigenvalue weighted by Gasteiger charge is 2.05. The minimum absolute atomic E-state index is 0.777. The molecule has 20 heavy (non-hydrogen) atoms. The standard InChI is InChI=1S/C16H13NO2S/c1-18-14-4-2-3-5-16(14)20-13-8-6-12(7-9-13)15-10-17-11-19-15/h2-11H,1H3. The van der Waals surface area contributed by atoms with Crippen LogP contribution in [0.25, 0.3) is 11.3 Å². The van der Waals surface area contributed by atoms with Crippen LogP contribution in [-0.4, -0.2) is 12.1 Å². The number of hydrogen-bond donors (Lipinski definition) is 0. The summed E-state index contributed by atoms with van der Waals surface area (Å²) < 4.78 is 10.6. The quantitative estimate of drug-likeness (QED) is 0.706. The fourth-order valence-electron chi connectivity index (χ4n) is 1.88. The number of para-hydroxylation sites is 1. The lowest BCUT2D eigenvalue weighted by molar-refractivity contribution is 0.405. The number of hydrogen-bond acceptors (Lipinski definition) is 4. The van der Waals surface area contributed by atoms with Crippen molar-refractivity contribution in [2.24, 2.45) is 0 Å². The summed E-state index contributed by atoms with van der Waals surface area (Å²) in [6.45, 7) is 0. The molecule has 0 bridgehead atoms. The second kappa shape index (κ2) is 5.84. The number of rotatable bonds is 4. The molecule has 0 spiro atoms. The van der Waals surface area contributed by atoms with E-state index in [1.54, 1.807) is 25.1 Å². The van der Waals surface area contributed by atoms with E-state index in [4.69, 9.17) is 9.15 Å². The van der Waals surface area contributed by atoms with E-state index in [9.17, 15) is 0 Å². The molecular formula is C16H13NO2S. The van der Waals surface area contributed by atoms with E-state index >= 15 is 0 Å². The van der Waals surface area contributed by atoms with Crippen LogP contribution in [0.4, 0.5) is 0 Å². The highest BCUT2D eigenvalue weighted by Crippen LogP contribution is 2.35. The van der Waals surface area contributed by atoms with Gasteiger partial charge in [0.2, 0.25) is 0 Å². The average Bonchev–Trinajstić information content (AvgIpc) is 3.03. The Morgan fingerprint density at radius 2 is 1.85 bits per heavy atom. The van der Waals surface area contributed by atoms with Crippen molar-refractivity contribution in [3.8, 4) is 17.1 Å². The lowest BCUT2D eigenvalue weighted by atomic mass is 10.2. The zero-order valence-electron chi connectivity index (χ0n) is 10.9. The molecule has 3 rings (SSSR count). The predicted molar refractivity (Wildman–Crippen MR) is 79.1 cm³/mol. The Morgan fingerprint density at radius 1 is 1.05 bits per heavy atom. The summed E-state index contributed by atoms with van der Waals surface area (Å²) in [5.74, 6) is 1.66. The van der Waals surface area contributed by atoms with E-state index in [0.29, 0.717) is 0 Å². The molecule has 0 N–H and O–H groups in total. The lowest BCUT2D eigenvalue weighted by Crippen LogP contribution is -1.85. The van der Waals surface area contributed by atoms with Gasteiger partial charge in [-0.05, 0) is 24.3 Å². The molecule has 0 amide bonds. The van der Waals surface area contributed by atoms with Crippen LogP contribution in [0.15, 0.2) is 75.3 Å². The molecule has 0 radical (unpaired) electrons. The Labute approximate surface area is 121 Å². The van der Waals surface area contributed by atoms with Gasteiger partial charge in [-0.3, -0.25) is 0 Å². The SMILES string of the molecule is COc1ccccc1Sc1ccc(-c2cnco2)cc1. The highest BCUT2D eigenvalue weighted by molar-refractivity contribution is 7.99. The smallest absolute Gasteiger partial charge is 0.181 e. The first-order valence-corrected chi connectivity index (χ1v) is 6.98. The van der Waals surface area contributed by atoms with E-state index in [1.807, 2.05) is 36.4 Å². The summed E-state index contributed by atoms with van der Waals surface area (Å²) in [6.07, 6.45) is 3.15. The van der Waals surface area contributed by atoms with E-state index in [-0.39, 0.29) is 0 Å². The molecule has 3 nitrogen and oxygen atoms in total. The number of aromatic nitrogens is 1. The van der Waals surface area contributed by atoms with Crippen LogP contribution in [0, 0.1) is 0 Å². The van der Waals surface area contributed by atoms with Crippen molar-refractivity contribution in [2.45, 2.75) is 9.79 Å². The molecule has 0 atom stereocenters. The van der Waals surface area contributed by atoms with Crippen LogP contribution in [0.2, 0.25) is 0 Å². The second-order valence-electron chi connectivity index (χ2n) is 4.14. The van der Waals surface area contributed by atoms with Gasteiger partial charge >= 0.3 is 0 Å². The van der Waals surface area contributed by atoms with Crippen molar-refractivity contribution in [3.63, 3.8) is 0 Å². The third-order valence-corrected chi connectivity index (χ3v) is 3.93. The van der Waals surface area contributed by atoms with Gasteiger partial charge in [0.15, 0.2) is 12.2 Å². The zero-order chi connectivity index (χ0) is 13.8. The van der Waals surface area contributed by atoms with Gasteiger partial charge in [-0.25, -0.2) is 4.98 Å². The van der Waals surface area contributed by atoms with Crippen LogP contribution in [0.3, 0.4) is 0 Å². The van der Waals surface area contributed by atoms with E-state index in [2.05, 4.69) is 17.1 Å². The first kappa shape index (κ1) is 12.8. The van der Waals surface area contributed by atoms with E-state index < -0.39 is 0 Å². The molecule has 1 heterocycles. The minimum Gasteiger partial charge on any atom is -0.496 e. The van der Waals surface area contributed by atoms with Crippen molar-refractivity contribution >= 4 is 11.8 Å². The zero-order valence-corrected chi connectivity index (χ0v) is 11.8. The fraction of sp³-hybridized carbons (Fsp3) is 0.0625. The number of oxazole rings is 1. The van der Waals surface area contributed by atoms with Crippen LogP contribution >= 0.6 is 11.8 Å². The van der Waals surface area contributed by atoms with Gasteiger partial charge in [-0.15, -0.1) is 0 Å². The maximum absolute atomic E-state index is 5.36. The van der Waals surface area contributed by atoms with E-state index in [0.717, 1.165) is 26.9 Å². The van der Waals surface area contributed by atoms with Gasteiger partial charge in [0.1, 0.15) is 5.75 Å². The molecule has 100 valence electrons.